The Morgan fingerprint density at radius 3 is 0.949 bits per heavy atom. The first-order chi connectivity index (χ1) is 38.1. The smallest absolute Gasteiger partial charge is 0.306 e. The number of aliphatic carboxylic acids is 1. The zero-order chi connectivity index (χ0) is 56.9. The van der Waals surface area contributed by atoms with Crippen LogP contribution in [0.15, 0.2) is 12.2 Å². The van der Waals surface area contributed by atoms with Crippen LogP contribution < -0.4 is 5.11 Å². The highest BCUT2D eigenvalue weighted by Gasteiger charge is 2.22. The van der Waals surface area contributed by atoms with E-state index >= 15 is 0 Å². The van der Waals surface area contributed by atoms with Crippen molar-refractivity contribution < 1.29 is 42.9 Å². The van der Waals surface area contributed by atoms with Crippen LogP contribution in [-0.4, -0.2) is 82.3 Å². The van der Waals surface area contributed by atoms with Gasteiger partial charge in [-0.15, -0.1) is 0 Å². The van der Waals surface area contributed by atoms with E-state index in [4.69, 9.17) is 18.9 Å². The Balaban J connectivity index is 3.95. The van der Waals surface area contributed by atoms with E-state index in [1.807, 2.05) is 21.1 Å². The summed E-state index contributed by atoms with van der Waals surface area (Å²) in [7, 11) is 5.94. The molecule has 0 radical (unpaired) electrons. The number of esters is 2. The van der Waals surface area contributed by atoms with Crippen LogP contribution in [0.3, 0.4) is 0 Å². The Bertz CT molecular complexity index is 1280. The van der Waals surface area contributed by atoms with E-state index in [0.29, 0.717) is 23.9 Å². The van der Waals surface area contributed by atoms with Gasteiger partial charge in [-0.25, -0.2) is 0 Å². The molecule has 0 amide bonds. The Morgan fingerprint density at radius 1 is 0.372 bits per heavy atom. The highest BCUT2D eigenvalue weighted by molar-refractivity contribution is 5.70. The standard InChI is InChI=1S/C69H133NO8/c1-6-8-10-12-14-16-18-20-22-24-25-26-27-28-29-30-31-32-33-34-35-36-37-38-39-40-41-42-44-45-47-49-51-53-55-57-59-66(71)76-63-65(64-77-69(68(73)74)75-62-61-70(3,4)5)78-67(72)60-58-56-54-52-50-48-46-43-23-21-19-17-15-13-11-9-7-2/h21,23,65,69H,6-20,22,24-64H2,1-5H3/b23-21-. The highest BCUT2D eigenvalue weighted by atomic mass is 16.7. The summed E-state index contributed by atoms with van der Waals surface area (Å²) in [5.41, 5.74) is 0. The Morgan fingerprint density at radius 2 is 0.654 bits per heavy atom. The number of carboxylic acid groups (broad SMARTS) is 1. The van der Waals surface area contributed by atoms with Crippen molar-refractivity contribution in [2.75, 3.05) is 47.5 Å². The van der Waals surface area contributed by atoms with E-state index in [1.165, 1.54) is 276 Å². The molecule has 0 saturated carbocycles. The normalized spacial score (nSPS) is 12.7. The van der Waals surface area contributed by atoms with Crippen molar-refractivity contribution in [3.8, 4) is 0 Å². The van der Waals surface area contributed by atoms with Gasteiger partial charge in [0.15, 0.2) is 12.4 Å². The first-order valence-electron chi connectivity index (χ1n) is 34.3. The molecule has 0 heterocycles. The predicted octanol–water partition coefficient (Wildman–Crippen LogP) is 19.5. The molecule has 0 spiro atoms. The lowest BCUT2D eigenvalue weighted by molar-refractivity contribution is -0.870. The van der Waals surface area contributed by atoms with E-state index in [9.17, 15) is 19.5 Å². The number of likely N-dealkylation sites (N-methyl/N-ethyl adjacent to an activating group) is 1. The molecule has 78 heavy (non-hydrogen) atoms. The molecule has 9 nitrogen and oxygen atoms in total. The summed E-state index contributed by atoms with van der Waals surface area (Å²) in [6.45, 7) is 4.80. The van der Waals surface area contributed by atoms with Crippen molar-refractivity contribution >= 4 is 17.9 Å². The number of unbranched alkanes of at least 4 members (excludes halogenated alkanes) is 48. The zero-order valence-corrected chi connectivity index (χ0v) is 52.8. The molecule has 0 aliphatic rings. The zero-order valence-electron chi connectivity index (χ0n) is 52.8. The molecule has 0 saturated heterocycles. The van der Waals surface area contributed by atoms with E-state index in [1.54, 1.807) is 0 Å². The third kappa shape index (κ3) is 61.6. The van der Waals surface area contributed by atoms with Gasteiger partial charge in [0, 0.05) is 12.8 Å². The lowest BCUT2D eigenvalue weighted by Gasteiger charge is -2.26. The number of allylic oxidation sites excluding steroid dienone is 2. The van der Waals surface area contributed by atoms with Gasteiger partial charge in [-0.1, -0.05) is 315 Å². The monoisotopic (exact) mass is 1100 g/mol. The van der Waals surface area contributed by atoms with E-state index in [2.05, 4.69) is 26.0 Å². The molecule has 0 aliphatic carbocycles. The molecule has 0 aromatic carbocycles. The van der Waals surface area contributed by atoms with Crippen LogP contribution >= 0.6 is 0 Å². The number of ether oxygens (including phenoxy) is 4. The van der Waals surface area contributed by atoms with Crippen LogP contribution in [0, 0.1) is 0 Å². The Kier molecular flexibility index (Phi) is 59.6. The Hall–Kier alpha value is -1.97. The van der Waals surface area contributed by atoms with Crippen LogP contribution in [0.4, 0.5) is 0 Å². The minimum Gasteiger partial charge on any atom is -0.545 e. The predicted molar refractivity (Wildman–Crippen MR) is 330 cm³/mol. The summed E-state index contributed by atoms with van der Waals surface area (Å²) in [6.07, 6.45) is 70.3. The third-order valence-electron chi connectivity index (χ3n) is 15.8. The first kappa shape index (κ1) is 76.0. The van der Waals surface area contributed by atoms with Gasteiger partial charge in [0.25, 0.3) is 0 Å². The molecule has 0 aliphatic heterocycles. The minimum atomic E-state index is -1.62. The fourth-order valence-electron chi connectivity index (χ4n) is 10.5. The molecule has 0 rings (SSSR count). The van der Waals surface area contributed by atoms with Gasteiger partial charge < -0.3 is 33.3 Å². The van der Waals surface area contributed by atoms with Gasteiger partial charge in [0.1, 0.15) is 13.2 Å². The van der Waals surface area contributed by atoms with Crippen molar-refractivity contribution in [1.29, 1.82) is 0 Å². The maximum absolute atomic E-state index is 12.9. The minimum absolute atomic E-state index is 0.151. The van der Waals surface area contributed by atoms with Gasteiger partial charge in [0.05, 0.1) is 40.3 Å². The van der Waals surface area contributed by atoms with Crippen LogP contribution in [0.1, 0.15) is 354 Å². The quantitative estimate of drug-likeness (QED) is 0.0195. The van der Waals surface area contributed by atoms with Crippen LogP contribution in [0.2, 0.25) is 0 Å². The van der Waals surface area contributed by atoms with E-state index in [0.717, 1.165) is 44.9 Å². The molecule has 9 heteroatoms. The SMILES string of the molecule is CCCCCCCC/C=C\CCCCCCCCCC(=O)OC(COC(=O)CCCCCCCCCCCCCCCCCCCCCCCCCCCCCCCCCCCCCC)COC(OCC[N+](C)(C)C)C(=O)[O-]. The molecule has 0 aromatic rings. The average Bonchev–Trinajstić information content (AvgIpc) is 3.41. The maximum Gasteiger partial charge on any atom is 0.306 e. The average molecular weight is 1100 g/mol. The first-order valence-corrected chi connectivity index (χ1v) is 34.3. The fraction of sp³-hybridized carbons (Fsp3) is 0.928. The second-order valence-corrected chi connectivity index (χ2v) is 24.8. The number of nitrogens with zero attached hydrogens (tertiary/aromatic N) is 1. The van der Waals surface area contributed by atoms with Crippen molar-refractivity contribution in [3.05, 3.63) is 12.2 Å². The van der Waals surface area contributed by atoms with Crippen molar-refractivity contribution in [2.45, 2.75) is 367 Å². The summed E-state index contributed by atoms with van der Waals surface area (Å²) in [5, 5.41) is 11.8. The number of carbonyl (C=O) groups is 3. The molecule has 0 N–H and O–H groups in total. The van der Waals surface area contributed by atoms with Crippen LogP contribution in [0.5, 0.6) is 0 Å². The van der Waals surface area contributed by atoms with E-state index < -0.39 is 24.3 Å². The molecular formula is C69H133NO8. The molecule has 0 fully saturated rings. The molecular weight excluding hydrogens is 971 g/mol. The van der Waals surface area contributed by atoms with Crippen molar-refractivity contribution in [2.24, 2.45) is 0 Å². The van der Waals surface area contributed by atoms with Crippen LogP contribution in [-0.2, 0) is 33.3 Å². The van der Waals surface area contributed by atoms with Gasteiger partial charge in [-0.2, -0.15) is 0 Å². The summed E-state index contributed by atoms with van der Waals surface area (Å²) in [4.78, 5) is 37.4. The largest absolute Gasteiger partial charge is 0.545 e. The number of rotatable bonds is 65. The van der Waals surface area contributed by atoms with Gasteiger partial charge in [-0.05, 0) is 38.5 Å². The lowest BCUT2D eigenvalue weighted by Crippen LogP contribution is -2.44. The van der Waals surface area contributed by atoms with Crippen LogP contribution in [0.25, 0.3) is 0 Å². The molecule has 0 aromatic heterocycles. The summed E-state index contributed by atoms with van der Waals surface area (Å²) < 4.78 is 22.8. The number of carboxylic acids is 1. The maximum atomic E-state index is 12.9. The number of hydrogen-bond donors (Lipinski definition) is 0. The topological polar surface area (TPSA) is 111 Å². The van der Waals surface area contributed by atoms with Crippen molar-refractivity contribution in [3.63, 3.8) is 0 Å². The van der Waals surface area contributed by atoms with Crippen molar-refractivity contribution in [1.82, 2.24) is 0 Å². The van der Waals surface area contributed by atoms with Gasteiger partial charge >= 0.3 is 11.9 Å². The number of hydrogen-bond acceptors (Lipinski definition) is 8. The van der Waals surface area contributed by atoms with E-state index in [-0.39, 0.29) is 32.2 Å². The molecule has 0 bridgehead atoms. The second-order valence-electron chi connectivity index (χ2n) is 24.8. The molecule has 2 atom stereocenters. The number of quaternary nitrogens is 1. The summed E-state index contributed by atoms with van der Waals surface area (Å²) in [6, 6.07) is 0. The Labute approximate surface area is 485 Å². The molecule has 2 unspecified atom stereocenters. The fourth-order valence-corrected chi connectivity index (χ4v) is 10.5. The highest BCUT2D eigenvalue weighted by Crippen LogP contribution is 2.19. The van der Waals surface area contributed by atoms with Gasteiger partial charge in [0.2, 0.25) is 0 Å². The summed E-state index contributed by atoms with van der Waals surface area (Å²) in [5.74, 6) is -2.26. The lowest BCUT2D eigenvalue weighted by atomic mass is 10.0. The summed E-state index contributed by atoms with van der Waals surface area (Å²) >= 11 is 0. The molecule has 462 valence electrons. The van der Waals surface area contributed by atoms with Gasteiger partial charge in [-0.3, -0.25) is 9.59 Å². The third-order valence-corrected chi connectivity index (χ3v) is 15.8. The second kappa shape index (κ2) is 61.1. The number of carbonyl (C=O) groups excluding carboxylic acids is 3.